The van der Waals surface area contributed by atoms with Gasteiger partial charge >= 0.3 is 6.18 Å². The number of fused-ring (bicyclic) bond motifs is 1. The first kappa shape index (κ1) is 21.0. The molecular formula is C20H18F3N5O2S. The summed E-state index contributed by atoms with van der Waals surface area (Å²) in [4.78, 5) is 8.48. The minimum Gasteiger partial charge on any atom is -0.329 e. The van der Waals surface area contributed by atoms with E-state index in [1.807, 2.05) is 18.4 Å². The highest BCUT2D eigenvalue weighted by Crippen LogP contribution is 2.34. The van der Waals surface area contributed by atoms with Gasteiger partial charge < -0.3 is 4.57 Å². The second-order valence-corrected chi connectivity index (χ2v) is 9.07. The maximum Gasteiger partial charge on any atom is 0.435 e. The third-order valence-corrected chi connectivity index (χ3v) is 6.01. The molecule has 3 aromatic heterocycles. The van der Waals surface area contributed by atoms with Crippen LogP contribution in [0.15, 0.2) is 47.5 Å². The van der Waals surface area contributed by atoms with E-state index < -0.39 is 21.7 Å². The summed E-state index contributed by atoms with van der Waals surface area (Å²) < 4.78 is 66.6. The van der Waals surface area contributed by atoms with Crippen molar-refractivity contribution >= 4 is 20.9 Å². The van der Waals surface area contributed by atoms with Gasteiger partial charge in [-0.3, -0.25) is 0 Å². The largest absolute Gasteiger partial charge is 0.435 e. The number of hydrogen-bond acceptors (Lipinski definition) is 5. The molecule has 0 atom stereocenters. The second kappa shape index (κ2) is 7.19. The van der Waals surface area contributed by atoms with Crippen molar-refractivity contribution in [2.24, 2.45) is 0 Å². The van der Waals surface area contributed by atoms with Crippen molar-refractivity contribution in [3.63, 3.8) is 0 Å². The molecule has 0 fully saturated rings. The zero-order valence-corrected chi connectivity index (χ0v) is 17.7. The number of halogens is 3. The molecule has 7 nitrogen and oxygen atoms in total. The minimum absolute atomic E-state index is 0.0389. The molecule has 0 aliphatic heterocycles. The summed E-state index contributed by atoms with van der Waals surface area (Å²) >= 11 is 0. The van der Waals surface area contributed by atoms with Crippen LogP contribution in [0.2, 0.25) is 0 Å². The lowest BCUT2D eigenvalue weighted by molar-refractivity contribution is -0.141. The van der Waals surface area contributed by atoms with Gasteiger partial charge in [-0.25, -0.2) is 23.1 Å². The van der Waals surface area contributed by atoms with Gasteiger partial charge in [-0.15, -0.1) is 0 Å². The van der Waals surface area contributed by atoms with Crippen LogP contribution < -0.4 is 0 Å². The van der Waals surface area contributed by atoms with Gasteiger partial charge in [-0.05, 0) is 44.2 Å². The van der Waals surface area contributed by atoms with Crippen LogP contribution in [0.3, 0.4) is 0 Å². The second-order valence-electron chi connectivity index (χ2n) is 7.06. The smallest absolute Gasteiger partial charge is 0.329 e. The summed E-state index contributed by atoms with van der Waals surface area (Å²) in [5.74, 6) is 0.866. The summed E-state index contributed by atoms with van der Waals surface area (Å²) in [5, 5.41) is 3.69. The molecule has 0 saturated carbocycles. The number of imidazole rings is 1. The normalized spacial score (nSPS) is 12.6. The predicted octanol–water partition coefficient (Wildman–Crippen LogP) is 4.03. The zero-order valence-electron chi connectivity index (χ0n) is 16.8. The number of alkyl halides is 3. The minimum atomic E-state index is -4.66. The van der Waals surface area contributed by atoms with E-state index in [-0.39, 0.29) is 16.4 Å². The topological polar surface area (TPSA) is 82.7 Å². The van der Waals surface area contributed by atoms with Gasteiger partial charge in [0.1, 0.15) is 5.82 Å². The van der Waals surface area contributed by atoms with Gasteiger partial charge in [0.05, 0.1) is 21.6 Å². The van der Waals surface area contributed by atoms with Crippen molar-refractivity contribution in [1.82, 2.24) is 24.3 Å². The molecule has 0 aliphatic carbocycles. The highest BCUT2D eigenvalue weighted by molar-refractivity contribution is 7.90. The lowest BCUT2D eigenvalue weighted by Gasteiger charge is -2.08. The highest BCUT2D eigenvalue weighted by atomic mass is 32.2. The number of sulfone groups is 1. The Kier molecular flexibility index (Phi) is 4.88. The summed E-state index contributed by atoms with van der Waals surface area (Å²) in [7, 11) is -3.49. The average Bonchev–Trinajstić information content (AvgIpc) is 3.27. The Bertz CT molecular complexity index is 1390. The zero-order chi connectivity index (χ0) is 22.6. The van der Waals surface area contributed by atoms with Crippen LogP contribution in [-0.4, -0.2) is 39.0 Å². The third kappa shape index (κ3) is 3.80. The number of nitrogens with zero attached hydrogens (tertiary/aromatic N) is 5. The number of pyridine rings is 1. The monoisotopic (exact) mass is 449 g/mol. The van der Waals surface area contributed by atoms with Crippen LogP contribution in [0.5, 0.6) is 0 Å². The van der Waals surface area contributed by atoms with Crippen molar-refractivity contribution in [3.8, 4) is 17.1 Å². The molecule has 0 N–H and O–H groups in total. The molecule has 162 valence electrons. The molecular weight excluding hydrogens is 431 g/mol. The van der Waals surface area contributed by atoms with Crippen molar-refractivity contribution < 1.29 is 21.6 Å². The molecule has 4 rings (SSSR count). The Morgan fingerprint density at radius 3 is 2.42 bits per heavy atom. The first-order chi connectivity index (χ1) is 14.5. The van der Waals surface area contributed by atoms with Gasteiger partial charge in [0.15, 0.2) is 21.3 Å². The molecule has 0 unspecified atom stereocenters. The summed E-state index contributed by atoms with van der Waals surface area (Å²) in [6.45, 7) is 4.56. The molecule has 1 aromatic carbocycles. The standard InChI is InChI=1S/C20H18F3N5O2S/c1-4-27-12(2)25-15-9-13(5-7-16(15)27)17-10-18(20(21,22)23)26-28(17)19-8-6-14(11-24-19)31(3,29)30/h5-11H,4H2,1-3H3. The van der Waals surface area contributed by atoms with E-state index in [2.05, 4.69) is 15.1 Å². The SMILES string of the molecule is CCn1c(C)nc2cc(-c3cc(C(F)(F)F)nn3-c3ccc(S(C)(=O)=O)cn3)ccc21. The number of aryl methyl sites for hydroxylation is 2. The Morgan fingerprint density at radius 2 is 1.84 bits per heavy atom. The Balaban J connectivity index is 1.90. The molecule has 0 saturated heterocycles. The molecule has 0 aliphatic rings. The summed E-state index contributed by atoms with van der Waals surface area (Å²) in [6.07, 6.45) is -2.53. The molecule has 4 aromatic rings. The van der Waals surface area contributed by atoms with Gasteiger partial charge in [0.2, 0.25) is 0 Å². The van der Waals surface area contributed by atoms with E-state index in [1.165, 1.54) is 12.1 Å². The van der Waals surface area contributed by atoms with E-state index in [9.17, 15) is 21.6 Å². The van der Waals surface area contributed by atoms with Crippen molar-refractivity contribution in [2.75, 3.05) is 6.26 Å². The third-order valence-electron chi connectivity index (χ3n) is 4.92. The molecule has 0 amide bonds. The first-order valence-corrected chi connectivity index (χ1v) is 11.2. The van der Waals surface area contributed by atoms with Gasteiger partial charge in [-0.1, -0.05) is 6.07 Å². The van der Waals surface area contributed by atoms with Crippen molar-refractivity contribution in [3.05, 3.63) is 54.1 Å². The lowest BCUT2D eigenvalue weighted by Crippen LogP contribution is -2.08. The number of rotatable bonds is 4. The maximum atomic E-state index is 13.4. The van der Waals surface area contributed by atoms with Gasteiger partial charge in [0, 0.05) is 24.6 Å². The Labute approximate surface area is 176 Å². The van der Waals surface area contributed by atoms with E-state index in [4.69, 9.17) is 0 Å². The van der Waals surface area contributed by atoms with E-state index in [0.29, 0.717) is 17.6 Å². The average molecular weight is 449 g/mol. The number of hydrogen-bond donors (Lipinski definition) is 0. The fourth-order valence-corrected chi connectivity index (χ4v) is 3.99. The summed E-state index contributed by atoms with van der Waals surface area (Å²) in [5.41, 5.74) is 1.09. The van der Waals surface area contributed by atoms with Crippen LogP contribution in [-0.2, 0) is 22.6 Å². The van der Waals surface area contributed by atoms with Crippen LogP contribution in [0.1, 0.15) is 18.4 Å². The number of benzene rings is 1. The molecule has 0 radical (unpaired) electrons. The van der Waals surface area contributed by atoms with E-state index >= 15 is 0 Å². The molecule has 0 spiro atoms. The fourth-order valence-electron chi connectivity index (χ4n) is 3.43. The highest BCUT2D eigenvalue weighted by Gasteiger charge is 2.35. The van der Waals surface area contributed by atoms with Crippen LogP contribution >= 0.6 is 0 Å². The summed E-state index contributed by atoms with van der Waals surface area (Å²) in [6, 6.07) is 8.75. The fraction of sp³-hybridized carbons (Fsp3) is 0.250. The molecule has 31 heavy (non-hydrogen) atoms. The Hall–Kier alpha value is -3.21. The van der Waals surface area contributed by atoms with E-state index in [0.717, 1.165) is 34.5 Å². The lowest BCUT2D eigenvalue weighted by atomic mass is 10.1. The molecule has 11 heteroatoms. The van der Waals surface area contributed by atoms with Gasteiger partial charge in [-0.2, -0.15) is 18.3 Å². The first-order valence-electron chi connectivity index (χ1n) is 9.30. The Morgan fingerprint density at radius 1 is 1.10 bits per heavy atom. The quantitative estimate of drug-likeness (QED) is 0.470. The van der Waals surface area contributed by atoms with Crippen LogP contribution in [0.25, 0.3) is 28.1 Å². The maximum absolute atomic E-state index is 13.4. The van der Waals surface area contributed by atoms with Crippen molar-refractivity contribution in [2.45, 2.75) is 31.5 Å². The van der Waals surface area contributed by atoms with Crippen LogP contribution in [0, 0.1) is 6.92 Å². The number of aromatic nitrogens is 5. The van der Waals surface area contributed by atoms with Crippen molar-refractivity contribution in [1.29, 1.82) is 0 Å². The molecule has 0 bridgehead atoms. The van der Waals surface area contributed by atoms with Gasteiger partial charge in [0.25, 0.3) is 0 Å². The molecule has 3 heterocycles. The predicted molar refractivity (Wildman–Crippen MR) is 109 cm³/mol. The van der Waals surface area contributed by atoms with Crippen LogP contribution in [0.4, 0.5) is 13.2 Å². The van der Waals surface area contributed by atoms with E-state index in [1.54, 1.807) is 18.2 Å².